The number of allylic oxidation sites excluding steroid dienone is 1. The maximum Gasteiger partial charge on any atom is 0.333 e. The smallest absolute Gasteiger partial charge is 0.333 e. The van der Waals surface area contributed by atoms with E-state index in [2.05, 4.69) is 6.92 Å². The minimum absolute atomic E-state index is 0.0296. The first-order valence-corrected chi connectivity index (χ1v) is 7.14. The molecule has 0 aliphatic carbocycles. The van der Waals surface area contributed by atoms with Crippen LogP contribution in [-0.2, 0) is 19.0 Å². The highest BCUT2D eigenvalue weighted by atomic mass is 16.7. The van der Waals surface area contributed by atoms with Crippen LogP contribution in [-0.4, -0.2) is 32.6 Å². The van der Waals surface area contributed by atoms with Crippen LogP contribution in [0.25, 0.3) is 0 Å². The first-order chi connectivity index (χ1) is 9.17. The van der Waals surface area contributed by atoms with E-state index < -0.39 is 0 Å². The fourth-order valence-corrected chi connectivity index (χ4v) is 2.09. The molecule has 1 heterocycles. The summed E-state index contributed by atoms with van der Waals surface area (Å²) in [4.78, 5) is 11.4. The number of ether oxygens (including phenoxy) is 3. The van der Waals surface area contributed by atoms with Gasteiger partial charge in [0.1, 0.15) is 0 Å². The molecule has 0 spiro atoms. The van der Waals surface area contributed by atoms with Crippen molar-refractivity contribution in [2.75, 3.05) is 20.3 Å². The summed E-state index contributed by atoms with van der Waals surface area (Å²) in [7, 11) is 1.42. The maximum absolute atomic E-state index is 11.4. The van der Waals surface area contributed by atoms with Gasteiger partial charge >= 0.3 is 5.97 Å². The van der Waals surface area contributed by atoms with E-state index in [9.17, 15) is 4.79 Å². The molecule has 4 nitrogen and oxygen atoms in total. The molecule has 0 bridgehead atoms. The van der Waals surface area contributed by atoms with E-state index in [1.165, 1.54) is 13.5 Å². The molecule has 0 saturated carbocycles. The molecule has 110 valence electrons. The van der Waals surface area contributed by atoms with Gasteiger partial charge in [0.2, 0.25) is 0 Å². The van der Waals surface area contributed by atoms with E-state index in [4.69, 9.17) is 14.2 Å². The Balaban J connectivity index is 2.19. The van der Waals surface area contributed by atoms with Crippen molar-refractivity contribution < 1.29 is 19.0 Å². The van der Waals surface area contributed by atoms with Crippen molar-refractivity contribution in [2.24, 2.45) is 5.92 Å². The molecule has 0 aromatic carbocycles. The first kappa shape index (κ1) is 16.2. The van der Waals surface area contributed by atoms with Crippen LogP contribution < -0.4 is 0 Å². The molecular weight excluding hydrogens is 244 g/mol. The Hall–Kier alpha value is -0.870. The van der Waals surface area contributed by atoms with E-state index in [0.717, 1.165) is 37.9 Å². The van der Waals surface area contributed by atoms with Crippen LogP contribution in [0, 0.1) is 5.92 Å². The highest BCUT2D eigenvalue weighted by molar-refractivity contribution is 5.88. The summed E-state index contributed by atoms with van der Waals surface area (Å²) < 4.78 is 16.0. The molecule has 0 aromatic rings. The van der Waals surface area contributed by atoms with E-state index in [1.807, 2.05) is 13.0 Å². The minimum Gasteiger partial charge on any atom is -0.466 e. The van der Waals surface area contributed by atoms with Crippen molar-refractivity contribution in [1.82, 2.24) is 0 Å². The van der Waals surface area contributed by atoms with Gasteiger partial charge < -0.3 is 14.2 Å². The second-order valence-corrected chi connectivity index (χ2v) is 5.08. The quantitative estimate of drug-likeness (QED) is 0.527. The van der Waals surface area contributed by atoms with Gasteiger partial charge in [-0.2, -0.15) is 0 Å². The number of esters is 1. The summed E-state index contributed by atoms with van der Waals surface area (Å²) in [5, 5.41) is 0. The first-order valence-electron chi connectivity index (χ1n) is 7.14. The predicted octanol–water partition coefficient (Wildman–Crippen LogP) is 3.07. The van der Waals surface area contributed by atoms with Crippen LogP contribution in [0.1, 0.15) is 46.0 Å². The molecule has 4 heteroatoms. The third-order valence-corrected chi connectivity index (χ3v) is 3.41. The highest BCUT2D eigenvalue weighted by Crippen LogP contribution is 2.17. The van der Waals surface area contributed by atoms with E-state index in [1.54, 1.807) is 0 Å². The number of hydrogen-bond donors (Lipinski definition) is 0. The third-order valence-electron chi connectivity index (χ3n) is 3.41. The molecule has 1 saturated heterocycles. The number of rotatable bonds is 7. The zero-order valence-corrected chi connectivity index (χ0v) is 12.3. The Morgan fingerprint density at radius 2 is 2.26 bits per heavy atom. The second kappa shape index (κ2) is 9.10. The van der Waals surface area contributed by atoms with Crippen LogP contribution in [0.2, 0.25) is 0 Å². The summed E-state index contributed by atoms with van der Waals surface area (Å²) in [6.07, 6.45) is 6.76. The summed E-state index contributed by atoms with van der Waals surface area (Å²) in [5.41, 5.74) is 0.739. The number of carbonyl (C=O) groups excluding carboxylic acids is 1. The summed E-state index contributed by atoms with van der Waals surface area (Å²) in [6, 6.07) is 0. The van der Waals surface area contributed by atoms with Gasteiger partial charge in [0.05, 0.1) is 13.7 Å². The van der Waals surface area contributed by atoms with E-state index in [-0.39, 0.29) is 12.3 Å². The molecular formula is C15H26O4. The minimum atomic E-state index is -0.230. The largest absolute Gasteiger partial charge is 0.466 e. The normalized spacial score (nSPS) is 22.1. The zero-order valence-electron chi connectivity index (χ0n) is 12.3. The number of hydrogen-bond acceptors (Lipinski definition) is 4. The summed E-state index contributed by atoms with van der Waals surface area (Å²) in [5.74, 6) is 0.177. The van der Waals surface area contributed by atoms with Crippen molar-refractivity contribution >= 4 is 5.97 Å². The lowest BCUT2D eigenvalue weighted by Gasteiger charge is -2.24. The summed E-state index contributed by atoms with van der Waals surface area (Å²) in [6.45, 7) is 5.49. The lowest BCUT2D eigenvalue weighted by atomic mass is 10.0. The molecule has 1 rings (SSSR count). The molecule has 1 aliphatic heterocycles. The van der Waals surface area contributed by atoms with Crippen molar-refractivity contribution in [3.05, 3.63) is 11.6 Å². The van der Waals surface area contributed by atoms with Crippen LogP contribution in [0.15, 0.2) is 11.6 Å². The number of carbonyl (C=O) groups is 1. The Labute approximate surface area is 116 Å². The monoisotopic (exact) mass is 270 g/mol. The zero-order chi connectivity index (χ0) is 14.1. The van der Waals surface area contributed by atoms with Gasteiger partial charge in [-0.3, -0.25) is 0 Å². The Bertz CT molecular complexity index is 293. The van der Waals surface area contributed by atoms with Crippen LogP contribution in [0.3, 0.4) is 0 Å². The molecule has 2 atom stereocenters. The molecule has 0 radical (unpaired) electrons. The van der Waals surface area contributed by atoms with Gasteiger partial charge in [0.15, 0.2) is 6.29 Å². The Morgan fingerprint density at radius 1 is 1.47 bits per heavy atom. The topological polar surface area (TPSA) is 44.8 Å². The van der Waals surface area contributed by atoms with Gasteiger partial charge in [-0.25, -0.2) is 4.79 Å². The Kier molecular flexibility index (Phi) is 7.75. The fraction of sp³-hybridized carbons (Fsp3) is 0.800. The van der Waals surface area contributed by atoms with Crippen molar-refractivity contribution in [1.29, 1.82) is 0 Å². The van der Waals surface area contributed by atoms with E-state index >= 15 is 0 Å². The number of methoxy groups -OCH3 is 1. The molecule has 0 aromatic heterocycles. The lowest BCUT2D eigenvalue weighted by Crippen LogP contribution is -2.24. The maximum atomic E-state index is 11.4. The van der Waals surface area contributed by atoms with Crippen molar-refractivity contribution in [3.63, 3.8) is 0 Å². The van der Waals surface area contributed by atoms with Crippen LogP contribution >= 0.6 is 0 Å². The SMILES string of the molecule is C/C=C(/CC[C@@H](C)COC1CCCCO1)C(=O)OC. The second-order valence-electron chi connectivity index (χ2n) is 5.08. The Morgan fingerprint density at radius 3 is 2.84 bits per heavy atom. The van der Waals surface area contributed by atoms with Gasteiger partial charge in [-0.15, -0.1) is 0 Å². The molecule has 19 heavy (non-hydrogen) atoms. The highest BCUT2D eigenvalue weighted by Gasteiger charge is 2.16. The van der Waals surface area contributed by atoms with Crippen LogP contribution in [0.5, 0.6) is 0 Å². The van der Waals surface area contributed by atoms with Gasteiger partial charge in [0, 0.05) is 12.2 Å². The van der Waals surface area contributed by atoms with Gasteiger partial charge in [-0.1, -0.05) is 13.0 Å². The molecule has 0 N–H and O–H groups in total. The fourth-order valence-electron chi connectivity index (χ4n) is 2.09. The van der Waals surface area contributed by atoms with Crippen molar-refractivity contribution in [2.45, 2.75) is 52.2 Å². The predicted molar refractivity (Wildman–Crippen MR) is 73.7 cm³/mol. The molecule has 1 aliphatic rings. The molecule has 1 fully saturated rings. The lowest BCUT2D eigenvalue weighted by molar-refractivity contribution is -0.168. The average molecular weight is 270 g/mol. The van der Waals surface area contributed by atoms with E-state index in [0.29, 0.717) is 12.5 Å². The van der Waals surface area contributed by atoms with Crippen molar-refractivity contribution in [3.8, 4) is 0 Å². The van der Waals surface area contributed by atoms with Gasteiger partial charge in [-0.05, 0) is 44.9 Å². The summed E-state index contributed by atoms with van der Waals surface area (Å²) >= 11 is 0. The van der Waals surface area contributed by atoms with Crippen LogP contribution in [0.4, 0.5) is 0 Å². The van der Waals surface area contributed by atoms with Gasteiger partial charge in [0.25, 0.3) is 0 Å². The third kappa shape index (κ3) is 6.21. The molecule has 0 amide bonds. The molecule has 1 unspecified atom stereocenters. The standard InChI is InChI=1S/C15H26O4/c1-4-13(15(16)17-3)9-8-12(2)11-19-14-7-5-6-10-18-14/h4,12,14H,5-11H2,1-3H3/b13-4-/t12-,14?/m1/s1. The average Bonchev–Trinajstić information content (AvgIpc) is 2.46.